The molecule has 2 rings (SSSR count). The van der Waals surface area contributed by atoms with Gasteiger partial charge in [-0.2, -0.15) is 0 Å². The Bertz CT molecular complexity index is 517. The van der Waals surface area contributed by atoms with Crippen LogP contribution in [0.4, 0.5) is 0 Å². The fourth-order valence-electron chi connectivity index (χ4n) is 1.83. The van der Waals surface area contributed by atoms with Gasteiger partial charge in [0.15, 0.2) is 0 Å². The molecule has 2 aromatic heterocycles. The van der Waals surface area contributed by atoms with Crippen LogP contribution in [0, 0.1) is 0 Å². The molecule has 0 bridgehead atoms. The molecule has 6 nitrogen and oxygen atoms in total. The summed E-state index contributed by atoms with van der Waals surface area (Å²) < 4.78 is 20.3. The summed E-state index contributed by atoms with van der Waals surface area (Å²) in [6.07, 6.45) is 2.34. The van der Waals surface area contributed by atoms with Gasteiger partial charge < -0.3 is 18.3 Å². The first kappa shape index (κ1) is 14.9. The lowest BCUT2D eigenvalue weighted by atomic mass is 10.2. The van der Waals surface area contributed by atoms with Crippen molar-refractivity contribution in [1.82, 2.24) is 0 Å². The molecule has 0 aliphatic carbocycles. The van der Waals surface area contributed by atoms with Crippen LogP contribution in [0.25, 0.3) is 0 Å². The lowest BCUT2D eigenvalue weighted by Crippen LogP contribution is -2.23. The van der Waals surface area contributed by atoms with Crippen LogP contribution in [0.3, 0.4) is 0 Å². The van der Waals surface area contributed by atoms with E-state index in [1.165, 1.54) is 24.7 Å². The van der Waals surface area contributed by atoms with Crippen molar-refractivity contribution in [2.24, 2.45) is 0 Å². The average molecular weight is 292 g/mol. The Balaban J connectivity index is 1.78. The highest BCUT2D eigenvalue weighted by Crippen LogP contribution is 2.12. The second-order valence-corrected chi connectivity index (χ2v) is 4.62. The SMILES string of the molecule is CC(CC(C)OC(=O)c1ccco1)OC(=O)c1ccco1. The number of carbonyl (C=O) groups excluding carboxylic acids is 2. The summed E-state index contributed by atoms with van der Waals surface area (Å²) in [6.45, 7) is 3.44. The Morgan fingerprint density at radius 1 is 0.952 bits per heavy atom. The molecule has 0 saturated heterocycles. The van der Waals surface area contributed by atoms with Crippen molar-refractivity contribution in [2.75, 3.05) is 0 Å². The van der Waals surface area contributed by atoms with Gasteiger partial charge in [0.05, 0.1) is 12.5 Å². The Morgan fingerprint density at radius 3 is 1.71 bits per heavy atom. The van der Waals surface area contributed by atoms with Gasteiger partial charge in [-0.15, -0.1) is 0 Å². The third-order valence-electron chi connectivity index (χ3n) is 2.73. The molecule has 0 spiro atoms. The summed E-state index contributed by atoms with van der Waals surface area (Å²) >= 11 is 0. The topological polar surface area (TPSA) is 78.9 Å². The number of rotatable bonds is 6. The summed E-state index contributed by atoms with van der Waals surface area (Å²) in [7, 11) is 0. The lowest BCUT2D eigenvalue weighted by Gasteiger charge is -2.17. The monoisotopic (exact) mass is 292 g/mol. The quantitative estimate of drug-likeness (QED) is 0.761. The van der Waals surface area contributed by atoms with Crippen molar-refractivity contribution in [2.45, 2.75) is 32.5 Å². The first-order valence-electron chi connectivity index (χ1n) is 6.55. The standard InChI is InChI=1S/C15H16O6/c1-10(20-14(16)12-5-3-7-18-12)9-11(2)21-15(17)13-6-4-8-19-13/h3-8,10-11H,9H2,1-2H3. The third kappa shape index (κ3) is 4.24. The normalized spacial score (nSPS) is 13.4. The van der Waals surface area contributed by atoms with E-state index in [0.717, 1.165) is 0 Å². The van der Waals surface area contributed by atoms with Crippen molar-refractivity contribution in [3.63, 3.8) is 0 Å². The van der Waals surface area contributed by atoms with Crippen LogP contribution in [-0.4, -0.2) is 24.1 Å². The van der Waals surface area contributed by atoms with E-state index in [9.17, 15) is 9.59 Å². The molecule has 6 heteroatoms. The first-order chi connectivity index (χ1) is 10.1. The molecule has 0 aliphatic rings. The number of carbonyl (C=O) groups is 2. The molecule has 2 heterocycles. The van der Waals surface area contributed by atoms with Gasteiger partial charge >= 0.3 is 11.9 Å². The van der Waals surface area contributed by atoms with Crippen LogP contribution < -0.4 is 0 Å². The van der Waals surface area contributed by atoms with Crippen molar-refractivity contribution in [3.8, 4) is 0 Å². The van der Waals surface area contributed by atoms with Crippen LogP contribution in [0.5, 0.6) is 0 Å². The minimum absolute atomic E-state index is 0.141. The van der Waals surface area contributed by atoms with E-state index in [-0.39, 0.29) is 11.5 Å². The molecule has 0 amide bonds. The number of furan rings is 2. The maximum absolute atomic E-state index is 11.7. The van der Waals surface area contributed by atoms with Crippen molar-refractivity contribution in [1.29, 1.82) is 0 Å². The van der Waals surface area contributed by atoms with Gasteiger partial charge in [-0.05, 0) is 38.1 Å². The first-order valence-corrected chi connectivity index (χ1v) is 6.55. The summed E-state index contributed by atoms with van der Waals surface area (Å²) in [5, 5.41) is 0. The van der Waals surface area contributed by atoms with Crippen LogP contribution >= 0.6 is 0 Å². The lowest BCUT2D eigenvalue weighted by molar-refractivity contribution is 0.00422. The number of hydrogen-bond acceptors (Lipinski definition) is 6. The van der Waals surface area contributed by atoms with Crippen LogP contribution in [0.15, 0.2) is 45.6 Å². The fraction of sp³-hybridized carbons (Fsp3) is 0.333. The van der Waals surface area contributed by atoms with Gasteiger partial charge in [-0.1, -0.05) is 0 Å². The third-order valence-corrected chi connectivity index (χ3v) is 2.73. The molecule has 0 aromatic carbocycles. The van der Waals surface area contributed by atoms with Gasteiger partial charge in [0.25, 0.3) is 0 Å². The fourth-order valence-corrected chi connectivity index (χ4v) is 1.83. The van der Waals surface area contributed by atoms with Crippen LogP contribution in [0.1, 0.15) is 41.4 Å². The molecule has 21 heavy (non-hydrogen) atoms. The Hall–Kier alpha value is -2.50. The van der Waals surface area contributed by atoms with Crippen molar-refractivity contribution in [3.05, 3.63) is 48.3 Å². The van der Waals surface area contributed by atoms with Crippen LogP contribution in [0.2, 0.25) is 0 Å². The molecule has 0 fully saturated rings. The van der Waals surface area contributed by atoms with E-state index in [0.29, 0.717) is 6.42 Å². The smallest absolute Gasteiger partial charge is 0.374 e. The maximum Gasteiger partial charge on any atom is 0.374 e. The Labute approximate surface area is 121 Å². The summed E-state index contributed by atoms with van der Waals surface area (Å²) in [4.78, 5) is 23.3. The zero-order valence-electron chi connectivity index (χ0n) is 11.8. The summed E-state index contributed by atoms with van der Waals surface area (Å²) in [5.41, 5.74) is 0. The summed E-state index contributed by atoms with van der Waals surface area (Å²) in [5.74, 6) is -0.807. The Morgan fingerprint density at radius 2 is 1.38 bits per heavy atom. The summed E-state index contributed by atoms with van der Waals surface area (Å²) in [6, 6.07) is 6.26. The molecule has 112 valence electrons. The predicted molar refractivity (Wildman–Crippen MR) is 71.8 cm³/mol. The minimum Gasteiger partial charge on any atom is -0.457 e. The Kier molecular flexibility index (Phi) is 4.81. The molecular formula is C15H16O6. The second kappa shape index (κ2) is 6.78. The van der Waals surface area contributed by atoms with E-state index in [1.807, 2.05) is 0 Å². The average Bonchev–Trinajstić information content (AvgIpc) is 3.12. The number of hydrogen-bond donors (Lipinski definition) is 0. The molecule has 0 saturated carbocycles. The van der Waals surface area contributed by atoms with Gasteiger partial charge in [-0.3, -0.25) is 0 Å². The van der Waals surface area contributed by atoms with Gasteiger partial charge in [-0.25, -0.2) is 9.59 Å². The maximum atomic E-state index is 11.7. The zero-order chi connectivity index (χ0) is 15.2. The van der Waals surface area contributed by atoms with Gasteiger partial charge in [0.2, 0.25) is 11.5 Å². The minimum atomic E-state index is -0.544. The van der Waals surface area contributed by atoms with E-state index >= 15 is 0 Å². The molecule has 0 N–H and O–H groups in total. The second-order valence-electron chi connectivity index (χ2n) is 4.62. The highest BCUT2D eigenvalue weighted by molar-refractivity contribution is 5.86. The molecule has 2 unspecified atom stereocenters. The van der Waals surface area contributed by atoms with E-state index < -0.39 is 24.1 Å². The predicted octanol–water partition coefficient (Wildman–Crippen LogP) is 3.05. The molecule has 0 aliphatic heterocycles. The number of ether oxygens (including phenoxy) is 2. The molecule has 2 atom stereocenters. The molecular weight excluding hydrogens is 276 g/mol. The van der Waals surface area contributed by atoms with Crippen molar-refractivity contribution >= 4 is 11.9 Å². The molecule has 0 radical (unpaired) electrons. The van der Waals surface area contributed by atoms with Crippen molar-refractivity contribution < 1.29 is 27.9 Å². The highest BCUT2D eigenvalue weighted by atomic mass is 16.6. The van der Waals surface area contributed by atoms with E-state index in [1.54, 1.807) is 26.0 Å². The van der Waals surface area contributed by atoms with Gasteiger partial charge in [0, 0.05) is 6.42 Å². The van der Waals surface area contributed by atoms with E-state index in [2.05, 4.69) is 0 Å². The number of esters is 2. The largest absolute Gasteiger partial charge is 0.457 e. The van der Waals surface area contributed by atoms with Gasteiger partial charge in [0.1, 0.15) is 12.2 Å². The zero-order valence-corrected chi connectivity index (χ0v) is 11.8. The van der Waals surface area contributed by atoms with E-state index in [4.69, 9.17) is 18.3 Å². The highest BCUT2D eigenvalue weighted by Gasteiger charge is 2.20. The molecule has 2 aromatic rings. The van der Waals surface area contributed by atoms with Crippen LogP contribution in [-0.2, 0) is 9.47 Å².